The van der Waals surface area contributed by atoms with Crippen molar-refractivity contribution in [2.24, 2.45) is 5.92 Å². The zero-order valence-corrected chi connectivity index (χ0v) is 14.1. The number of aliphatic hydroxyl groups excluding tert-OH is 1. The summed E-state index contributed by atoms with van der Waals surface area (Å²) in [6, 6.07) is 5.06. The molecule has 0 bridgehead atoms. The summed E-state index contributed by atoms with van der Waals surface area (Å²) in [6.45, 7) is 2.93. The zero-order valence-electron chi connectivity index (χ0n) is 11.7. The second kappa shape index (κ2) is 7.88. The number of hydrogen-bond donors (Lipinski definition) is 2. The molecule has 0 fully saturated rings. The molecular formula is C13H18BrNO5S. The van der Waals surface area contributed by atoms with Crippen molar-refractivity contribution >= 4 is 31.9 Å². The van der Waals surface area contributed by atoms with Crippen molar-refractivity contribution in [1.82, 2.24) is 4.72 Å². The van der Waals surface area contributed by atoms with Crippen LogP contribution in [0.1, 0.15) is 13.8 Å². The molecule has 0 aliphatic heterocycles. The van der Waals surface area contributed by atoms with Gasteiger partial charge in [-0.3, -0.25) is 4.79 Å². The van der Waals surface area contributed by atoms with Crippen LogP contribution < -0.4 is 4.72 Å². The second-order valence-electron chi connectivity index (χ2n) is 4.69. The van der Waals surface area contributed by atoms with E-state index in [1.54, 1.807) is 26.0 Å². The van der Waals surface area contributed by atoms with Crippen LogP contribution in [0, 0.1) is 5.92 Å². The standard InChI is InChI=1S/C13H18BrNO5S/c1-9(2)12(13(17)20-8-7-16)15-21(18,19)11-5-3-10(14)4-6-11/h3-6,9,12,15-16H,7-8H2,1-2H3/t12-/m0/s1. The van der Waals surface area contributed by atoms with Gasteiger partial charge in [0, 0.05) is 4.47 Å². The number of hydrogen-bond acceptors (Lipinski definition) is 5. The normalized spacial score (nSPS) is 13.2. The summed E-state index contributed by atoms with van der Waals surface area (Å²) in [7, 11) is -3.83. The van der Waals surface area contributed by atoms with E-state index in [9.17, 15) is 13.2 Å². The maximum Gasteiger partial charge on any atom is 0.324 e. The van der Waals surface area contributed by atoms with E-state index in [-0.39, 0.29) is 24.0 Å². The van der Waals surface area contributed by atoms with Crippen molar-refractivity contribution in [2.75, 3.05) is 13.2 Å². The van der Waals surface area contributed by atoms with Crippen LogP contribution in [0.25, 0.3) is 0 Å². The molecule has 1 aromatic rings. The van der Waals surface area contributed by atoms with Crippen molar-refractivity contribution in [3.63, 3.8) is 0 Å². The van der Waals surface area contributed by atoms with E-state index in [1.165, 1.54) is 12.1 Å². The largest absolute Gasteiger partial charge is 0.462 e. The highest BCUT2D eigenvalue weighted by Gasteiger charge is 2.29. The number of carbonyl (C=O) groups excluding carboxylic acids is 1. The third-order valence-corrected chi connectivity index (χ3v) is 4.65. The Morgan fingerprint density at radius 1 is 1.33 bits per heavy atom. The minimum Gasteiger partial charge on any atom is -0.462 e. The van der Waals surface area contributed by atoms with Crippen LogP contribution in [0.2, 0.25) is 0 Å². The Morgan fingerprint density at radius 2 is 1.90 bits per heavy atom. The fourth-order valence-electron chi connectivity index (χ4n) is 1.54. The van der Waals surface area contributed by atoms with Crippen molar-refractivity contribution in [1.29, 1.82) is 0 Å². The molecule has 21 heavy (non-hydrogen) atoms. The van der Waals surface area contributed by atoms with Gasteiger partial charge in [0.15, 0.2) is 0 Å². The monoisotopic (exact) mass is 379 g/mol. The number of esters is 1. The Kier molecular flexibility index (Phi) is 6.79. The molecule has 0 aliphatic carbocycles. The van der Waals surface area contributed by atoms with Crippen LogP contribution in [0.5, 0.6) is 0 Å². The number of carbonyl (C=O) groups is 1. The van der Waals surface area contributed by atoms with Crippen LogP contribution >= 0.6 is 15.9 Å². The van der Waals surface area contributed by atoms with Gasteiger partial charge < -0.3 is 9.84 Å². The molecule has 0 aromatic heterocycles. The van der Waals surface area contributed by atoms with Gasteiger partial charge in [0.25, 0.3) is 0 Å². The molecule has 118 valence electrons. The number of aliphatic hydroxyl groups is 1. The van der Waals surface area contributed by atoms with Crippen molar-refractivity contribution in [3.05, 3.63) is 28.7 Å². The third kappa shape index (κ3) is 5.39. The fraction of sp³-hybridized carbons (Fsp3) is 0.462. The molecule has 1 atom stereocenters. The Balaban J connectivity index is 2.92. The molecule has 0 spiro atoms. The van der Waals surface area contributed by atoms with Gasteiger partial charge >= 0.3 is 5.97 Å². The molecule has 0 saturated carbocycles. The minimum absolute atomic E-state index is 0.0614. The Labute approximate surface area is 132 Å². The highest BCUT2D eigenvalue weighted by molar-refractivity contribution is 9.10. The summed E-state index contributed by atoms with van der Waals surface area (Å²) in [6.07, 6.45) is 0. The molecule has 1 rings (SSSR count). The highest BCUT2D eigenvalue weighted by atomic mass is 79.9. The lowest BCUT2D eigenvalue weighted by Crippen LogP contribution is -2.45. The van der Waals surface area contributed by atoms with E-state index in [2.05, 4.69) is 20.7 Å². The van der Waals surface area contributed by atoms with Gasteiger partial charge in [-0.05, 0) is 30.2 Å². The predicted octanol–water partition coefficient (Wildman–Crippen LogP) is 1.29. The lowest BCUT2D eigenvalue weighted by atomic mass is 10.1. The number of sulfonamides is 1. The van der Waals surface area contributed by atoms with Gasteiger partial charge in [0.05, 0.1) is 11.5 Å². The molecule has 1 aromatic carbocycles. The first-order chi connectivity index (χ1) is 9.77. The molecule has 0 amide bonds. The highest BCUT2D eigenvalue weighted by Crippen LogP contribution is 2.16. The Morgan fingerprint density at radius 3 is 2.38 bits per heavy atom. The van der Waals surface area contributed by atoms with Crippen LogP contribution in [-0.2, 0) is 19.6 Å². The first-order valence-corrected chi connectivity index (χ1v) is 8.61. The molecule has 2 N–H and O–H groups in total. The number of nitrogens with one attached hydrogen (secondary N) is 1. The molecule has 8 heteroatoms. The molecule has 6 nitrogen and oxygen atoms in total. The topological polar surface area (TPSA) is 92.7 Å². The van der Waals surface area contributed by atoms with E-state index in [4.69, 9.17) is 9.84 Å². The lowest BCUT2D eigenvalue weighted by molar-refractivity contribution is -0.147. The predicted molar refractivity (Wildman–Crippen MR) is 81.1 cm³/mol. The Hall–Kier alpha value is -0.960. The first-order valence-electron chi connectivity index (χ1n) is 6.33. The summed E-state index contributed by atoms with van der Waals surface area (Å²) in [5, 5.41) is 8.65. The van der Waals surface area contributed by atoms with E-state index in [1.807, 2.05) is 0 Å². The van der Waals surface area contributed by atoms with E-state index in [0.29, 0.717) is 0 Å². The molecule has 0 unspecified atom stereocenters. The summed E-state index contributed by atoms with van der Waals surface area (Å²) >= 11 is 3.22. The van der Waals surface area contributed by atoms with E-state index >= 15 is 0 Å². The van der Waals surface area contributed by atoms with E-state index < -0.39 is 22.0 Å². The van der Waals surface area contributed by atoms with Gasteiger partial charge in [0.1, 0.15) is 12.6 Å². The van der Waals surface area contributed by atoms with E-state index in [0.717, 1.165) is 4.47 Å². The van der Waals surface area contributed by atoms with Crippen molar-refractivity contribution in [2.45, 2.75) is 24.8 Å². The van der Waals surface area contributed by atoms with Gasteiger partial charge in [-0.1, -0.05) is 29.8 Å². The summed E-state index contributed by atoms with van der Waals surface area (Å²) in [5.41, 5.74) is 0. The average molecular weight is 380 g/mol. The summed E-state index contributed by atoms with van der Waals surface area (Å²) in [5.74, 6) is -0.999. The quantitative estimate of drug-likeness (QED) is 0.696. The van der Waals surface area contributed by atoms with Crippen molar-refractivity contribution < 1.29 is 23.1 Å². The number of halogens is 1. The number of benzene rings is 1. The zero-order chi connectivity index (χ0) is 16.0. The molecule has 0 saturated heterocycles. The minimum atomic E-state index is -3.83. The summed E-state index contributed by atoms with van der Waals surface area (Å²) < 4.78 is 32.4. The average Bonchev–Trinajstić information content (AvgIpc) is 2.42. The number of rotatable bonds is 7. The third-order valence-electron chi connectivity index (χ3n) is 2.66. The maximum absolute atomic E-state index is 12.3. The SMILES string of the molecule is CC(C)[C@H](NS(=O)(=O)c1ccc(Br)cc1)C(=O)OCCO. The van der Waals surface area contributed by atoms with Gasteiger partial charge in [-0.2, -0.15) is 4.72 Å². The van der Waals surface area contributed by atoms with Gasteiger partial charge in [-0.25, -0.2) is 8.42 Å². The van der Waals surface area contributed by atoms with Gasteiger partial charge in [-0.15, -0.1) is 0 Å². The smallest absolute Gasteiger partial charge is 0.324 e. The lowest BCUT2D eigenvalue weighted by Gasteiger charge is -2.20. The number of ether oxygens (including phenoxy) is 1. The van der Waals surface area contributed by atoms with Crippen LogP contribution in [0.15, 0.2) is 33.6 Å². The molecule has 0 radical (unpaired) electrons. The van der Waals surface area contributed by atoms with Crippen LogP contribution in [0.3, 0.4) is 0 Å². The van der Waals surface area contributed by atoms with Gasteiger partial charge in [0.2, 0.25) is 10.0 Å². The second-order valence-corrected chi connectivity index (χ2v) is 7.32. The Bertz CT molecular complexity index is 571. The van der Waals surface area contributed by atoms with Crippen molar-refractivity contribution in [3.8, 4) is 0 Å². The first kappa shape index (κ1) is 18.1. The van der Waals surface area contributed by atoms with Crippen LogP contribution in [0.4, 0.5) is 0 Å². The molecule has 0 heterocycles. The summed E-state index contributed by atoms with van der Waals surface area (Å²) in [4.78, 5) is 11.9. The fourth-order valence-corrected chi connectivity index (χ4v) is 3.14. The van der Waals surface area contributed by atoms with Crippen LogP contribution in [-0.4, -0.2) is 38.7 Å². The maximum atomic E-state index is 12.3. The molecular weight excluding hydrogens is 362 g/mol. The molecule has 0 aliphatic rings.